The summed E-state index contributed by atoms with van der Waals surface area (Å²) >= 11 is 0. The normalized spacial score (nSPS) is 18.3. The fourth-order valence-electron chi connectivity index (χ4n) is 3.97. The average Bonchev–Trinajstić information content (AvgIpc) is 3.41. The van der Waals surface area contributed by atoms with Crippen LogP contribution in [0.1, 0.15) is 57.0 Å². The van der Waals surface area contributed by atoms with Crippen molar-refractivity contribution < 1.29 is 19.2 Å². The number of carboxylic acid groups (broad SMARTS) is 1. The van der Waals surface area contributed by atoms with E-state index in [1.165, 1.54) is 0 Å². The van der Waals surface area contributed by atoms with Crippen molar-refractivity contribution >= 4 is 17.7 Å². The van der Waals surface area contributed by atoms with Crippen molar-refractivity contribution in [1.29, 1.82) is 0 Å². The Morgan fingerprint density at radius 2 is 2.18 bits per heavy atom. The molecule has 2 atom stereocenters. The quantitative estimate of drug-likeness (QED) is 0.491. The number of nitrogens with zero attached hydrogens (tertiary/aromatic N) is 6. The van der Waals surface area contributed by atoms with E-state index in [0.717, 1.165) is 32.1 Å². The average molecular weight is 456 g/mol. The van der Waals surface area contributed by atoms with Gasteiger partial charge in [0.25, 0.3) is 5.95 Å². The standard InChI is InChI=1S/C22H29N7O4/c1-4-5-9-18-24-22(27-33-18)25-20-19(26-28-29(20)3)16-10-11-17(13(2)23-16)32-15-8-6-7-14(12-15)21(30)31/h10-11,14-15H,4-9,12H2,1-3H3,(H,25,27)(H,30,31). The molecule has 176 valence electrons. The number of ether oxygens (including phenoxy) is 1. The molecular formula is C22H29N7O4. The summed E-state index contributed by atoms with van der Waals surface area (Å²) in [5.41, 5.74) is 1.87. The molecule has 2 unspecified atom stereocenters. The molecule has 0 aromatic carbocycles. The summed E-state index contributed by atoms with van der Waals surface area (Å²) < 4.78 is 13.0. The highest BCUT2D eigenvalue weighted by Gasteiger charge is 2.28. The molecule has 1 fully saturated rings. The van der Waals surface area contributed by atoms with Gasteiger partial charge in [-0.1, -0.05) is 18.6 Å². The zero-order valence-corrected chi connectivity index (χ0v) is 19.1. The third kappa shape index (κ3) is 5.29. The van der Waals surface area contributed by atoms with Crippen LogP contribution in [0.2, 0.25) is 0 Å². The van der Waals surface area contributed by atoms with Crippen LogP contribution in [0.25, 0.3) is 11.4 Å². The lowest BCUT2D eigenvalue weighted by Crippen LogP contribution is -2.29. The van der Waals surface area contributed by atoms with Crippen LogP contribution >= 0.6 is 0 Å². The van der Waals surface area contributed by atoms with Gasteiger partial charge in [-0.2, -0.15) is 4.98 Å². The number of nitrogens with one attached hydrogen (secondary N) is 1. The SMILES string of the molecule is CCCCc1nc(Nc2c(-c3ccc(OC4CCCC(C(=O)O)C4)c(C)n3)nnn2C)no1. The summed E-state index contributed by atoms with van der Waals surface area (Å²) in [6.45, 7) is 3.97. The van der Waals surface area contributed by atoms with Crippen LogP contribution in [0.15, 0.2) is 16.7 Å². The van der Waals surface area contributed by atoms with Crippen LogP contribution in [0, 0.1) is 12.8 Å². The van der Waals surface area contributed by atoms with Crippen molar-refractivity contribution in [3.63, 3.8) is 0 Å². The van der Waals surface area contributed by atoms with Crippen molar-refractivity contribution in [2.45, 2.75) is 64.9 Å². The first-order valence-corrected chi connectivity index (χ1v) is 11.3. The lowest BCUT2D eigenvalue weighted by atomic mass is 9.87. The fraction of sp³-hybridized carbons (Fsp3) is 0.545. The van der Waals surface area contributed by atoms with Crippen LogP contribution in [-0.4, -0.2) is 47.3 Å². The van der Waals surface area contributed by atoms with Crippen molar-refractivity contribution in [2.75, 3.05) is 5.32 Å². The van der Waals surface area contributed by atoms with Gasteiger partial charge in [-0.05, 0) is 56.3 Å². The molecule has 3 heterocycles. The Labute approximate surface area is 191 Å². The second kappa shape index (κ2) is 9.97. The van der Waals surface area contributed by atoms with Gasteiger partial charge in [-0.3, -0.25) is 4.79 Å². The van der Waals surface area contributed by atoms with E-state index in [4.69, 9.17) is 9.26 Å². The molecule has 3 aromatic rings. The predicted molar refractivity (Wildman–Crippen MR) is 119 cm³/mol. The zero-order valence-electron chi connectivity index (χ0n) is 19.1. The number of carbonyl (C=O) groups is 1. The largest absolute Gasteiger partial charge is 0.489 e. The van der Waals surface area contributed by atoms with Gasteiger partial charge < -0.3 is 19.7 Å². The number of unbranched alkanes of at least 4 members (excludes halogenated alkanes) is 1. The summed E-state index contributed by atoms with van der Waals surface area (Å²) in [5, 5.41) is 24.8. The third-order valence-corrected chi connectivity index (χ3v) is 5.82. The molecule has 2 N–H and O–H groups in total. The molecule has 33 heavy (non-hydrogen) atoms. The van der Waals surface area contributed by atoms with E-state index < -0.39 is 5.97 Å². The van der Waals surface area contributed by atoms with Crippen molar-refractivity contribution in [1.82, 2.24) is 30.1 Å². The van der Waals surface area contributed by atoms with E-state index >= 15 is 0 Å². The summed E-state index contributed by atoms with van der Waals surface area (Å²) in [7, 11) is 1.77. The van der Waals surface area contributed by atoms with E-state index in [9.17, 15) is 9.90 Å². The van der Waals surface area contributed by atoms with Gasteiger partial charge in [-0.15, -0.1) is 5.10 Å². The number of pyridine rings is 1. The molecule has 11 heteroatoms. The number of aliphatic carboxylic acids is 1. The van der Waals surface area contributed by atoms with E-state index in [0.29, 0.717) is 53.3 Å². The maximum absolute atomic E-state index is 11.3. The minimum atomic E-state index is -0.754. The molecule has 1 saturated carbocycles. The van der Waals surface area contributed by atoms with E-state index in [1.54, 1.807) is 11.7 Å². The Morgan fingerprint density at radius 3 is 2.94 bits per heavy atom. The monoisotopic (exact) mass is 455 g/mol. The lowest BCUT2D eigenvalue weighted by Gasteiger charge is -2.27. The van der Waals surface area contributed by atoms with E-state index in [2.05, 4.69) is 37.7 Å². The maximum atomic E-state index is 11.3. The summed E-state index contributed by atoms with van der Waals surface area (Å²) in [5.74, 6) is 1.06. The Kier molecular flexibility index (Phi) is 6.85. The molecule has 0 amide bonds. The summed E-state index contributed by atoms with van der Waals surface area (Å²) in [6.07, 6.45) is 5.54. The van der Waals surface area contributed by atoms with Crippen LogP contribution in [0.5, 0.6) is 5.75 Å². The first-order valence-electron chi connectivity index (χ1n) is 11.3. The van der Waals surface area contributed by atoms with Gasteiger partial charge in [0.1, 0.15) is 5.75 Å². The zero-order chi connectivity index (χ0) is 23.4. The third-order valence-electron chi connectivity index (χ3n) is 5.82. The molecule has 0 aliphatic heterocycles. The van der Waals surface area contributed by atoms with Crippen molar-refractivity contribution in [3.8, 4) is 17.1 Å². The number of carboxylic acids is 1. The Hall–Kier alpha value is -3.50. The molecule has 1 aliphatic carbocycles. The van der Waals surface area contributed by atoms with Crippen molar-refractivity contribution in [2.24, 2.45) is 13.0 Å². The van der Waals surface area contributed by atoms with Crippen LogP contribution in [-0.2, 0) is 18.3 Å². The second-order valence-electron chi connectivity index (χ2n) is 8.37. The molecular weight excluding hydrogens is 426 g/mol. The lowest BCUT2D eigenvalue weighted by molar-refractivity contribution is -0.143. The van der Waals surface area contributed by atoms with Gasteiger partial charge in [0.15, 0.2) is 11.5 Å². The van der Waals surface area contributed by atoms with Gasteiger partial charge in [0.2, 0.25) is 5.89 Å². The fourth-order valence-corrected chi connectivity index (χ4v) is 3.97. The molecule has 0 radical (unpaired) electrons. The number of rotatable bonds is 9. The first kappa shape index (κ1) is 22.7. The summed E-state index contributed by atoms with van der Waals surface area (Å²) in [4.78, 5) is 20.4. The molecule has 4 rings (SSSR count). The first-order chi connectivity index (χ1) is 15.9. The van der Waals surface area contributed by atoms with Gasteiger partial charge in [0, 0.05) is 13.5 Å². The molecule has 0 saturated heterocycles. The van der Waals surface area contributed by atoms with Crippen LogP contribution in [0.3, 0.4) is 0 Å². The van der Waals surface area contributed by atoms with Crippen LogP contribution < -0.4 is 10.1 Å². The number of hydrogen-bond acceptors (Lipinski definition) is 9. The topological polar surface area (TPSA) is 141 Å². The Bertz CT molecular complexity index is 1110. The number of aromatic nitrogens is 6. The maximum Gasteiger partial charge on any atom is 0.306 e. The molecule has 0 bridgehead atoms. The smallest absolute Gasteiger partial charge is 0.306 e. The van der Waals surface area contributed by atoms with Gasteiger partial charge in [0.05, 0.1) is 23.4 Å². The molecule has 0 spiro atoms. The van der Waals surface area contributed by atoms with Crippen LogP contribution in [0.4, 0.5) is 11.8 Å². The highest BCUT2D eigenvalue weighted by molar-refractivity contribution is 5.71. The number of hydrogen-bond donors (Lipinski definition) is 2. The van der Waals surface area contributed by atoms with Crippen molar-refractivity contribution in [3.05, 3.63) is 23.7 Å². The Morgan fingerprint density at radius 1 is 1.33 bits per heavy atom. The van der Waals surface area contributed by atoms with E-state index in [1.807, 2.05) is 19.1 Å². The Balaban J connectivity index is 1.49. The predicted octanol–water partition coefficient (Wildman–Crippen LogP) is 3.68. The highest BCUT2D eigenvalue weighted by Crippen LogP contribution is 2.31. The second-order valence-corrected chi connectivity index (χ2v) is 8.37. The molecule has 1 aliphatic rings. The van der Waals surface area contributed by atoms with E-state index in [-0.39, 0.29) is 12.0 Å². The molecule has 11 nitrogen and oxygen atoms in total. The minimum Gasteiger partial charge on any atom is -0.489 e. The highest BCUT2D eigenvalue weighted by atomic mass is 16.5. The van der Waals surface area contributed by atoms with Gasteiger partial charge >= 0.3 is 5.97 Å². The minimum absolute atomic E-state index is 0.125. The molecule has 3 aromatic heterocycles. The van der Waals surface area contributed by atoms with Gasteiger partial charge in [-0.25, -0.2) is 9.67 Å². The number of anilines is 2. The summed E-state index contributed by atoms with van der Waals surface area (Å²) in [6, 6.07) is 3.66. The number of aryl methyl sites for hydroxylation is 3.